The summed E-state index contributed by atoms with van der Waals surface area (Å²) < 4.78 is 16.5. The third-order valence-corrected chi connectivity index (χ3v) is 6.76. The van der Waals surface area contributed by atoms with E-state index >= 15 is 0 Å². The number of ether oxygens (including phenoxy) is 2. The number of benzene rings is 1. The van der Waals surface area contributed by atoms with E-state index in [1.165, 1.54) is 0 Å². The molecule has 1 aliphatic carbocycles. The van der Waals surface area contributed by atoms with E-state index in [-0.39, 0.29) is 18.0 Å². The molecule has 1 saturated carbocycles. The first-order chi connectivity index (χ1) is 16.0. The van der Waals surface area contributed by atoms with Crippen LogP contribution >= 0.6 is 0 Å². The largest absolute Gasteiger partial charge is 0.493 e. The average molecular weight is 452 g/mol. The van der Waals surface area contributed by atoms with Crippen molar-refractivity contribution in [2.24, 2.45) is 0 Å². The van der Waals surface area contributed by atoms with Gasteiger partial charge in [-0.1, -0.05) is 12.8 Å². The molecule has 1 aliphatic heterocycles. The van der Waals surface area contributed by atoms with Crippen LogP contribution in [-0.2, 0) is 0 Å². The number of carbonyl (C=O) groups is 1. The molecule has 2 aliphatic rings. The van der Waals surface area contributed by atoms with Crippen LogP contribution in [-0.4, -0.2) is 60.2 Å². The van der Waals surface area contributed by atoms with E-state index in [1.807, 2.05) is 24.0 Å². The van der Waals surface area contributed by atoms with Gasteiger partial charge in [0, 0.05) is 24.5 Å². The molecule has 174 valence electrons. The number of amides is 1. The van der Waals surface area contributed by atoms with Gasteiger partial charge in [0.15, 0.2) is 17.3 Å². The number of nitrogen functional groups attached to an aromatic ring is 1. The topological polar surface area (TPSA) is 107 Å². The number of carbonyl (C=O) groups excluding carboxylic acids is 1. The molecule has 1 amide bonds. The Morgan fingerprint density at radius 2 is 1.79 bits per heavy atom. The first-order valence-corrected chi connectivity index (χ1v) is 11.3. The summed E-state index contributed by atoms with van der Waals surface area (Å²) in [6.07, 6.45) is 4.11. The van der Waals surface area contributed by atoms with E-state index in [4.69, 9.17) is 24.6 Å². The van der Waals surface area contributed by atoms with Crippen LogP contribution in [0.4, 0.5) is 11.8 Å². The summed E-state index contributed by atoms with van der Waals surface area (Å²) in [4.78, 5) is 26.9. The summed E-state index contributed by atoms with van der Waals surface area (Å²) in [5.74, 6) is 3.25. The van der Waals surface area contributed by atoms with Gasteiger partial charge in [-0.2, -0.15) is 4.98 Å². The van der Waals surface area contributed by atoms with Crippen molar-refractivity contribution in [3.05, 3.63) is 35.8 Å². The minimum Gasteiger partial charge on any atom is -0.493 e. The molecule has 9 heteroatoms. The van der Waals surface area contributed by atoms with Gasteiger partial charge in [0.2, 0.25) is 5.95 Å². The molecule has 0 spiro atoms. The summed E-state index contributed by atoms with van der Waals surface area (Å²) in [5.41, 5.74) is 7.05. The lowest BCUT2D eigenvalue weighted by Gasteiger charge is -2.49. The molecule has 3 heterocycles. The number of furan rings is 1. The van der Waals surface area contributed by atoms with Gasteiger partial charge in [-0.05, 0) is 38.0 Å². The number of hydrogen-bond acceptors (Lipinski definition) is 8. The predicted octanol–water partition coefficient (Wildman–Crippen LogP) is 3.40. The van der Waals surface area contributed by atoms with Crippen LogP contribution in [0.1, 0.15) is 42.0 Å². The maximum atomic E-state index is 13.2. The van der Waals surface area contributed by atoms with Crippen LogP contribution in [0.15, 0.2) is 28.7 Å². The van der Waals surface area contributed by atoms with Gasteiger partial charge in [0.25, 0.3) is 5.91 Å². The predicted molar refractivity (Wildman–Crippen MR) is 125 cm³/mol. The summed E-state index contributed by atoms with van der Waals surface area (Å²) in [7, 11) is 3.18. The average Bonchev–Trinajstić information content (AvgIpc) is 3.28. The van der Waals surface area contributed by atoms with Crippen molar-refractivity contribution in [2.45, 2.75) is 44.7 Å². The van der Waals surface area contributed by atoms with Crippen LogP contribution in [0, 0.1) is 6.92 Å². The van der Waals surface area contributed by atoms with Gasteiger partial charge in [-0.25, -0.2) is 4.98 Å². The SMILES string of the molecule is COc1cc2nc(N3CCN(C(=O)c4ccc(C)o4)C4CCCCC43)nc(N)c2cc1OC. The summed E-state index contributed by atoms with van der Waals surface area (Å²) in [6.45, 7) is 3.06. The maximum Gasteiger partial charge on any atom is 0.289 e. The zero-order valence-electron chi connectivity index (χ0n) is 19.2. The fourth-order valence-electron chi connectivity index (χ4n) is 5.15. The lowest BCUT2D eigenvalue weighted by Crippen LogP contribution is -2.62. The summed E-state index contributed by atoms with van der Waals surface area (Å²) in [5, 5.41) is 0.721. The maximum absolute atomic E-state index is 13.2. The Labute approximate surface area is 192 Å². The van der Waals surface area contributed by atoms with Gasteiger partial charge in [-0.15, -0.1) is 0 Å². The standard InChI is InChI=1S/C24H29N5O4/c1-14-8-9-19(33-14)23(30)28-10-11-29(18-7-5-4-6-17(18)28)24-26-16-13-21(32-3)20(31-2)12-15(16)22(25)27-24/h8-9,12-13,17-18H,4-7,10-11H2,1-3H3,(H2,25,26,27). The van der Waals surface area contributed by atoms with Gasteiger partial charge in [-0.3, -0.25) is 4.79 Å². The summed E-state index contributed by atoms with van der Waals surface area (Å²) in [6, 6.07) is 7.43. The molecule has 2 aromatic heterocycles. The molecule has 1 saturated heterocycles. The van der Waals surface area contributed by atoms with Gasteiger partial charge in [0.1, 0.15) is 11.6 Å². The van der Waals surface area contributed by atoms with E-state index in [0.29, 0.717) is 47.6 Å². The Morgan fingerprint density at radius 1 is 1.06 bits per heavy atom. The Kier molecular flexibility index (Phi) is 5.47. The highest BCUT2D eigenvalue weighted by atomic mass is 16.5. The fraction of sp³-hybridized carbons (Fsp3) is 0.458. The van der Waals surface area contributed by atoms with Crippen molar-refractivity contribution in [3.8, 4) is 11.5 Å². The minimum absolute atomic E-state index is 0.0459. The van der Waals surface area contributed by atoms with Crippen molar-refractivity contribution in [1.29, 1.82) is 0 Å². The Hall–Kier alpha value is -3.49. The van der Waals surface area contributed by atoms with E-state index in [0.717, 1.165) is 36.8 Å². The monoisotopic (exact) mass is 451 g/mol. The number of aromatic nitrogens is 2. The first-order valence-electron chi connectivity index (χ1n) is 11.3. The Bertz CT molecular complexity index is 1190. The fourth-order valence-corrected chi connectivity index (χ4v) is 5.15. The minimum atomic E-state index is -0.0459. The van der Waals surface area contributed by atoms with Crippen LogP contribution in [0.25, 0.3) is 10.9 Å². The number of fused-ring (bicyclic) bond motifs is 2. The molecule has 33 heavy (non-hydrogen) atoms. The van der Waals surface area contributed by atoms with E-state index in [1.54, 1.807) is 26.4 Å². The second-order valence-electron chi connectivity index (χ2n) is 8.65. The van der Waals surface area contributed by atoms with E-state index in [2.05, 4.69) is 9.88 Å². The molecule has 2 N–H and O–H groups in total. The highest BCUT2D eigenvalue weighted by Gasteiger charge is 2.42. The van der Waals surface area contributed by atoms with Gasteiger partial charge < -0.3 is 29.4 Å². The third-order valence-electron chi connectivity index (χ3n) is 6.76. The zero-order valence-corrected chi connectivity index (χ0v) is 19.2. The number of piperazine rings is 1. The van der Waals surface area contributed by atoms with Gasteiger partial charge >= 0.3 is 0 Å². The lowest BCUT2D eigenvalue weighted by molar-refractivity contribution is 0.0507. The number of hydrogen-bond donors (Lipinski definition) is 1. The van der Waals surface area contributed by atoms with Crippen LogP contribution in [0.5, 0.6) is 11.5 Å². The molecule has 2 unspecified atom stereocenters. The van der Waals surface area contributed by atoms with Crippen molar-refractivity contribution < 1.29 is 18.7 Å². The number of anilines is 2. The van der Waals surface area contributed by atoms with Crippen molar-refractivity contribution >= 4 is 28.6 Å². The molecule has 9 nitrogen and oxygen atoms in total. The van der Waals surface area contributed by atoms with Crippen molar-refractivity contribution in [3.63, 3.8) is 0 Å². The molecule has 3 aromatic rings. The number of aryl methyl sites for hydroxylation is 1. The molecular formula is C24H29N5O4. The van der Waals surface area contributed by atoms with Crippen LogP contribution in [0.2, 0.25) is 0 Å². The second kappa shape index (κ2) is 8.46. The zero-order chi connectivity index (χ0) is 23.1. The molecule has 1 aromatic carbocycles. The highest BCUT2D eigenvalue weighted by molar-refractivity contribution is 5.93. The molecule has 0 radical (unpaired) electrons. The van der Waals surface area contributed by atoms with Crippen LogP contribution in [0.3, 0.4) is 0 Å². The van der Waals surface area contributed by atoms with Gasteiger partial charge in [0.05, 0.1) is 31.8 Å². The third kappa shape index (κ3) is 3.71. The normalized spacial score (nSPS) is 20.6. The molecule has 2 fully saturated rings. The van der Waals surface area contributed by atoms with Crippen LogP contribution < -0.4 is 20.1 Å². The van der Waals surface area contributed by atoms with Crippen molar-refractivity contribution in [1.82, 2.24) is 14.9 Å². The first kappa shape index (κ1) is 21.4. The van der Waals surface area contributed by atoms with Crippen molar-refractivity contribution in [2.75, 3.05) is 37.9 Å². The van der Waals surface area contributed by atoms with E-state index < -0.39 is 0 Å². The summed E-state index contributed by atoms with van der Waals surface area (Å²) >= 11 is 0. The molecule has 0 bridgehead atoms. The highest BCUT2D eigenvalue weighted by Crippen LogP contribution is 2.37. The number of methoxy groups -OCH3 is 2. The smallest absolute Gasteiger partial charge is 0.289 e. The molecule has 5 rings (SSSR count). The molecular weight excluding hydrogens is 422 g/mol. The Balaban J connectivity index is 1.49. The lowest BCUT2D eigenvalue weighted by atomic mass is 9.86. The second-order valence-corrected chi connectivity index (χ2v) is 8.65. The molecule has 2 atom stereocenters. The quantitative estimate of drug-likeness (QED) is 0.643. The Morgan fingerprint density at radius 3 is 2.48 bits per heavy atom. The number of nitrogens with zero attached hydrogens (tertiary/aromatic N) is 4. The van der Waals surface area contributed by atoms with E-state index in [9.17, 15) is 4.79 Å². The number of nitrogens with two attached hydrogens (primary N) is 1. The number of rotatable bonds is 4.